The van der Waals surface area contributed by atoms with E-state index < -0.39 is 23.5 Å². The van der Waals surface area contributed by atoms with E-state index >= 15 is 0 Å². The van der Waals surface area contributed by atoms with Gasteiger partial charge in [0.1, 0.15) is 11.6 Å². The maximum Gasteiger partial charge on any atom is 0.340 e. The fourth-order valence-electron chi connectivity index (χ4n) is 3.38. The first kappa shape index (κ1) is 21.9. The van der Waals surface area contributed by atoms with Gasteiger partial charge in [0, 0.05) is 17.9 Å². The molecule has 1 atom stereocenters. The molecule has 2 N–H and O–H groups in total. The van der Waals surface area contributed by atoms with E-state index in [0.29, 0.717) is 28.0 Å². The Morgan fingerprint density at radius 3 is 2.35 bits per heavy atom. The normalized spacial score (nSPS) is 11.7. The topological polar surface area (TPSA) is 115 Å². The molecule has 31 heavy (non-hydrogen) atoms. The van der Waals surface area contributed by atoms with Crippen molar-refractivity contribution in [2.75, 3.05) is 14.2 Å². The van der Waals surface area contributed by atoms with Crippen molar-refractivity contribution in [3.05, 3.63) is 69.6 Å². The molecule has 1 heterocycles. The monoisotopic (exact) mass is 425 g/mol. The van der Waals surface area contributed by atoms with Gasteiger partial charge in [0.25, 0.3) is 0 Å². The number of aryl methyl sites for hydroxylation is 1. The molecule has 0 aliphatic carbocycles. The Kier molecular flexibility index (Phi) is 6.59. The number of nitrogens with one attached hydrogen (secondary N) is 1. The van der Waals surface area contributed by atoms with Gasteiger partial charge in [-0.05, 0) is 24.1 Å². The Morgan fingerprint density at radius 2 is 1.74 bits per heavy atom. The lowest BCUT2D eigenvalue weighted by Crippen LogP contribution is -2.43. The van der Waals surface area contributed by atoms with Gasteiger partial charge in [-0.3, -0.25) is 4.79 Å². The fraction of sp³-hybridized carbons (Fsp3) is 0.261. The van der Waals surface area contributed by atoms with E-state index in [1.807, 2.05) is 6.07 Å². The van der Waals surface area contributed by atoms with E-state index in [0.717, 1.165) is 5.56 Å². The molecule has 0 radical (unpaired) electrons. The van der Waals surface area contributed by atoms with E-state index in [2.05, 4.69) is 5.32 Å². The summed E-state index contributed by atoms with van der Waals surface area (Å²) in [6, 6.07) is 11.1. The lowest BCUT2D eigenvalue weighted by molar-refractivity contribution is -0.141. The van der Waals surface area contributed by atoms with Gasteiger partial charge >= 0.3 is 11.6 Å². The number of methoxy groups -OCH3 is 2. The number of carbonyl (C=O) groups is 2. The minimum atomic E-state index is -1.16. The summed E-state index contributed by atoms with van der Waals surface area (Å²) >= 11 is 0. The average Bonchev–Trinajstić information content (AvgIpc) is 2.76. The Balaban J connectivity index is 1.86. The molecule has 8 heteroatoms. The third-order valence-electron chi connectivity index (χ3n) is 5.04. The maximum absolute atomic E-state index is 12.6. The Hall–Kier alpha value is -3.81. The highest BCUT2D eigenvalue weighted by Crippen LogP contribution is 2.33. The van der Waals surface area contributed by atoms with Crippen LogP contribution < -0.4 is 20.4 Å². The number of benzene rings is 2. The highest BCUT2D eigenvalue weighted by Gasteiger charge is 2.23. The van der Waals surface area contributed by atoms with Gasteiger partial charge in [-0.15, -0.1) is 0 Å². The summed E-state index contributed by atoms with van der Waals surface area (Å²) in [5.41, 5.74) is 1.12. The van der Waals surface area contributed by atoms with Crippen LogP contribution >= 0.6 is 0 Å². The predicted octanol–water partition coefficient (Wildman–Crippen LogP) is 2.47. The first-order valence-corrected chi connectivity index (χ1v) is 9.58. The van der Waals surface area contributed by atoms with Gasteiger partial charge in [0.2, 0.25) is 5.91 Å². The second kappa shape index (κ2) is 9.34. The summed E-state index contributed by atoms with van der Waals surface area (Å²) in [7, 11) is 2.97. The summed E-state index contributed by atoms with van der Waals surface area (Å²) in [5, 5.41) is 12.6. The van der Waals surface area contributed by atoms with Crippen LogP contribution in [0.25, 0.3) is 11.0 Å². The number of rotatable bonds is 8. The summed E-state index contributed by atoms with van der Waals surface area (Å²) in [5.74, 6) is -0.876. The Morgan fingerprint density at radius 1 is 1.10 bits per heavy atom. The van der Waals surface area contributed by atoms with Crippen molar-refractivity contribution in [1.82, 2.24) is 5.32 Å². The van der Waals surface area contributed by atoms with Crippen molar-refractivity contribution >= 4 is 22.8 Å². The molecule has 1 amide bonds. The number of amides is 1. The number of aliphatic carboxylic acids is 1. The van der Waals surface area contributed by atoms with Crippen LogP contribution in [0.15, 0.2) is 51.7 Å². The van der Waals surface area contributed by atoms with Crippen LogP contribution in [0.1, 0.15) is 16.7 Å². The number of hydrogen-bond acceptors (Lipinski definition) is 6. The molecule has 0 unspecified atom stereocenters. The van der Waals surface area contributed by atoms with Crippen LogP contribution in [0, 0.1) is 6.92 Å². The molecule has 0 saturated heterocycles. The molecular weight excluding hydrogens is 402 g/mol. The number of hydrogen-bond donors (Lipinski definition) is 2. The molecule has 0 bridgehead atoms. The molecule has 3 aromatic rings. The maximum atomic E-state index is 12.6. The van der Waals surface area contributed by atoms with Crippen molar-refractivity contribution < 1.29 is 28.6 Å². The predicted molar refractivity (Wildman–Crippen MR) is 114 cm³/mol. The average molecular weight is 425 g/mol. The number of fused-ring (bicyclic) bond motifs is 1. The largest absolute Gasteiger partial charge is 0.493 e. The van der Waals surface area contributed by atoms with Crippen molar-refractivity contribution in [3.8, 4) is 11.5 Å². The van der Waals surface area contributed by atoms with Gasteiger partial charge in [0.15, 0.2) is 11.5 Å². The van der Waals surface area contributed by atoms with Crippen LogP contribution in [0.3, 0.4) is 0 Å². The lowest BCUT2D eigenvalue weighted by atomic mass is 10.0. The number of ether oxygens (including phenoxy) is 2. The first-order chi connectivity index (χ1) is 14.8. The molecule has 2 aromatic carbocycles. The molecule has 0 spiro atoms. The fourth-order valence-corrected chi connectivity index (χ4v) is 3.38. The van der Waals surface area contributed by atoms with Gasteiger partial charge in [-0.2, -0.15) is 0 Å². The van der Waals surface area contributed by atoms with Crippen molar-refractivity contribution in [1.29, 1.82) is 0 Å². The SMILES string of the molecule is COc1cc2oc(=O)c(CC(=O)N[C@@H](Cc3ccccc3)C(=O)O)c(C)c2cc1OC. The molecule has 8 nitrogen and oxygen atoms in total. The molecule has 1 aromatic heterocycles. The first-order valence-electron chi connectivity index (χ1n) is 9.58. The van der Waals surface area contributed by atoms with E-state index in [1.165, 1.54) is 14.2 Å². The number of carboxylic acids is 1. The smallest absolute Gasteiger partial charge is 0.340 e. The Bertz CT molecular complexity index is 1170. The molecule has 0 saturated carbocycles. The van der Waals surface area contributed by atoms with Gasteiger partial charge in [0.05, 0.1) is 26.2 Å². The van der Waals surface area contributed by atoms with Crippen LogP contribution in [-0.4, -0.2) is 37.2 Å². The zero-order valence-electron chi connectivity index (χ0n) is 17.4. The van der Waals surface area contributed by atoms with E-state index in [1.54, 1.807) is 43.3 Å². The molecular formula is C23H23NO7. The van der Waals surface area contributed by atoms with Crippen LogP contribution in [0.2, 0.25) is 0 Å². The van der Waals surface area contributed by atoms with Crippen LogP contribution in [-0.2, 0) is 22.4 Å². The number of carbonyl (C=O) groups excluding carboxylic acids is 1. The molecule has 3 rings (SSSR count). The van der Waals surface area contributed by atoms with Crippen LogP contribution in [0.4, 0.5) is 0 Å². The van der Waals surface area contributed by atoms with E-state index in [9.17, 15) is 19.5 Å². The standard InChI is InChI=1S/C23H23NO7/c1-13-15-10-19(29-2)20(30-3)12-18(15)31-23(28)16(13)11-21(25)24-17(22(26)27)9-14-7-5-4-6-8-14/h4-8,10,12,17H,9,11H2,1-3H3,(H,24,25)(H,26,27)/t17-/m0/s1. The minimum Gasteiger partial charge on any atom is -0.493 e. The molecule has 0 fully saturated rings. The molecule has 0 aliphatic rings. The highest BCUT2D eigenvalue weighted by atomic mass is 16.5. The second-order valence-corrected chi connectivity index (χ2v) is 7.02. The minimum absolute atomic E-state index is 0.129. The van der Waals surface area contributed by atoms with Crippen molar-refractivity contribution in [2.24, 2.45) is 0 Å². The van der Waals surface area contributed by atoms with E-state index in [-0.39, 0.29) is 18.4 Å². The number of carboxylic acid groups (broad SMARTS) is 1. The van der Waals surface area contributed by atoms with E-state index in [4.69, 9.17) is 13.9 Å². The summed E-state index contributed by atoms with van der Waals surface area (Å²) in [6.07, 6.45) is -0.179. The van der Waals surface area contributed by atoms with Crippen molar-refractivity contribution in [2.45, 2.75) is 25.8 Å². The quantitative estimate of drug-likeness (QED) is 0.533. The van der Waals surface area contributed by atoms with Gasteiger partial charge < -0.3 is 24.3 Å². The summed E-state index contributed by atoms with van der Waals surface area (Å²) in [4.78, 5) is 36.7. The highest BCUT2D eigenvalue weighted by molar-refractivity contribution is 5.88. The van der Waals surface area contributed by atoms with Gasteiger partial charge in [-0.1, -0.05) is 30.3 Å². The third-order valence-corrected chi connectivity index (χ3v) is 5.04. The molecule has 0 aliphatic heterocycles. The Labute approximate surface area is 178 Å². The second-order valence-electron chi connectivity index (χ2n) is 7.02. The molecule has 162 valence electrons. The summed E-state index contributed by atoms with van der Waals surface area (Å²) in [6.45, 7) is 1.70. The van der Waals surface area contributed by atoms with Gasteiger partial charge in [-0.25, -0.2) is 9.59 Å². The zero-order chi connectivity index (χ0) is 22.5. The summed E-state index contributed by atoms with van der Waals surface area (Å²) < 4.78 is 15.9. The lowest BCUT2D eigenvalue weighted by Gasteiger charge is -2.15. The van der Waals surface area contributed by atoms with Crippen LogP contribution in [0.5, 0.6) is 11.5 Å². The zero-order valence-corrected chi connectivity index (χ0v) is 17.4. The van der Waals surface area contributed by atoms with Crippen molar-refractivity contribution in [3.63, 3.8) is 0 Å². The third kappa shape index (κ3) is 4.85.